The average Bonchev–Trinajstić information content (AvgIpc) is 3.08. The first-order valence-electron chi connectivity index (χ1n) is 8.43. The molecule has 124 valence electrons. The predicted molar refractivity (Wildman–Crippen MR) is 92.3 cm³/mol. The van der Waals surface area contributed by atoms with Crippen molar-refractivity contribution >= 4 is 17.7 Å². The molecule has 0 saturated carbocycles. The first kappa shape index (κ1) is 17.6. The number of carboxylic acid groups (broad SMARTS) is 1. The molecular formula is C18H28O3S. The van der Waals surface area contributed by atoms with Crippen molar-refractivity contribution in [2.24, 2.45) is 11.8 Å². The van der Waals surface area contributed by atoms with Crippen LogP contribution in [0.25, 0.3) is 0 Å². The fourth-order valence-electron chi connectivity index (χ4n) is 3.56. The fourth-order valence-corrected chi connectivity index (χ4v) is 4.79. The van der Waals surface area contributed by atoms with Gasteiger partial charge in [-0.1, -0.05) is 18.2 Å². The predicted octanol–water partition coefficient (Wildman–Crippen LogP) is 4.29. The Balaban J connectivity index is 1.71. The number of allylic oxidation sites excluding steroid dienone is 3. The molecule has 0 aromatic carbocycles. The lowest BCUT2D eigenvalue weighted by molar-refractivity contribution is -0.137. The number of aliphatic carboxylic acids is 1. The summed E-state index contributed by atoms with van der Waals surface area (Å²) in [7, 11) is 0. The maximum Gasteiger partial charge on any atom is 0.303 e. The van der Waals surface area contributed by atoms with Crippen molar-refractivity contribution in [3.63, 3.8) is 0 Å². The number of carboxylic acids is 1. The average molecular weight is 324 g/mol. The van der Waals surface area contributed by atoms with Crippen LogP contribution >= 0.6 is 11.8 Å². The van der Waals surface area contributed by atoms with Crippen LogP contribution in [0, 0.1) is 11.8 Å². The molecule has 4 heteroatoms. The van der Waals surface area contributed by atoms with E-state index < -0.39 is 5.97 Å². The molecule has 0 aromatic rings. The van der Waals surface area contributed by atoms with Crippen molar-refractivity contribution in [2.75, 3.05) is 11.5 Å². The molecule has 2 bridgehead atoms. The summed E-state index contributed by atoms with van der Waals surface area (Å²) in [4.78, 5) is 10.5. The highest BCUT2D eigenvalue weighted by Gasteiger charge is 2.47. The highest BCUT2D eigenvalue weighted by atomic mass is 32.2. The first-order chi connectivity index (χ1) is 10.7. The van der Waals surface area contributed by atoms with Gasteiger partial charge >= 0.3 is 5.97 Å². The van der Waals surface area contributed by atoms with E-state index in [9.17, 15) is 4.79 Å². The second-order valence-corrected chi connectivity index (χ2v) is 7.41. The van der Waals surface area contributed by atoms with Gasteiger partial charge in [0.25, 0.3) is 0 Å². The van der Waals surface area contributed by atoms with Crippen molar-refractivity contribution in [2.45, 2.75) is 57.2 Å². The summed E-state index contributed by atoms with van der Waals surface area (Å²) in [6.07, 6.45) is 13.8. The zero-order valence-corrected chi connectivity index (χ0v) is 14.1. The van der Waals surface area contributed by atoms with Gasteiger partial charge in [0.2, 0.25) is 0 Å². The number of thioether (sulfide) groups is 1. The first-order valence-corrected chi connectivity index (χ1v) is 9.58. The monoisotopic (exact) mass is 324 g/mol. The molecule has 22 heavy (non-hydrogen) atoms. The molecule has 2 aliphatic rings. The molecule has 2 aliphatic heterocycles. The van der Waals surface area contributed by atoms with Gasteiger partial charge in [0, 0.05) is 6.42 Å². The third kappa shape index (κ3) is 5.17. The van der Waals surface area contributed by atoms with Gasteiger partial charge in [-0.2, -0.15) is 11.8 Å². The second kappa shape index (κ2) is 9.41. The number of fused-ring (bicyclic) bond motifs is 2. The molecule has 0 unspecified atom stereocenters. The Morgan fingerprint density at radius 1 is 1.23 bits per heavy atom. The van der Waals surface area contributed by atoms with Crippen LogP contribution < -0.4 is 0 Å². The zero-order chi connectivity index (χ0) is 15.8. The van der Waals surface area contributed by atoms with E-state index in [1.54, 1.807) is 0 Å². The Morgan fingerprint density at radius 3 is 2.73 bits per heavy atom. The van der Waals surface area contributed by atoms with Crippen LogP contribution in [0.3, 0.4) is 0 Å². The quantitative estimate of drug-likeness (QED) is 0.455. The highest BCUT2D eigenvalue weighted by molar-refractivity contribution is 7.99. The minimum Gasteiger partial charge on any atom is -0.481 e. The highest BCUT2D eigenvalue weighted by Crippen LogP contribution is 2.46. The topological polar surface area (TPSA) is 46.5 Å². The number of unbranched alkanes of at least 4 members (excludes halogenated alkanes) is 1. The van der Waals surface area contributed by atoms with Crippen molar-refractivity contribution in [3.05, 3.63) is 24.8 Å². The Labute approximate surface area is 138 Å². The van der Waals surface area contributed by atoms with E-state index in [1.165, 1.54) is 18.6 Å². The lowest BCUT2D eigenvalue weighted by atomic mass is 9.78. The molecule has 3 nitrogen and oxygen atoms in total. The number of hydrogen-bond donors (Lipinski definition) is 1. The van der Waals surface area contributed by atoms with E-state index in [0.29, 0.717) is 24.0 Å². The van der Waals surface area contributed by atoms with Crippen LogP contribution in [-0.4, -0.2) is 34.8 Å². The molecule has 0 radical (unpaired) electrons. The van der Waals surface area contributed by atoms with Crippen LogP contribution in [0.4, 0.5) is 0 Å². The van der Waals surface area contributed by atoms with Crippen molar-refractivity contribution < 1.29 is 14.6 Å². The van der Waals surface area contributed by atoms with E-state index in [2.05, 4.69) is 18.7 Å². The van der Waals surface area contributed by atoms with Gasteiger partial charge in [-0.3, -0.25) is 4.79 Å². The SMILES string of the molecule is C=CCCSC[C@H]1[C@@H](C/C=C\CCCC(=O)O)[C@H]2CC[C@@H]1O2. The van der Waals surface area contributed by atoms with Gasteiger partial charge in [0.05, 0.1) is 12.2 Å². The molecular weight excluding hydrogens is 296 g/mol. The van der Waals surface area contributed by atoms with Gasteiger partial charge < -0.3 is 9.84 Å². The van der Waals surface area contributed by atoms with Gasteiger partial charge in [0.15, 0.2) is 0 Å². The van der Waals surface area contributed by atoms with E-state index in [4.69, 9.17) is 9.84 Å². The smallest absolute Gasteiger partial charge is 0.303 e. The fraction of sp³-hybridized carbons (Fsp3) is 0.722. The van der Waals surface area contributed by atoms with E-state index >= 15 is 0 Å². The van der Waals surface area contributed by atoms with E-state index in [1.807, 2.05) is 17.8 Å². The molecule has 0 amide bonds. The zero-order valence-electron chi connectivity index (χ0n) is 13.3. The Kier molecular flexibility index (Phi) is 7.53. The molecule has 2 fully saturated rings. The van der Waals surface area contributed by atoms with Crippen molar-refractivity contribution in [3.8, 4) is 0 Å². The summed E-state index contributed by atoms with van der Waals surface area (Å²) in [6, 6.07) is 0. The Morgan fingerprint density at radius 2 is 2.00 bits per heavy atom. The largest absolute Gasteiger partial charge is 0.481 e. The normalized spacial score (nSPS) is 30.2. The van der Waals surface area contributed by atoms with Crippen LogP contribution in [0.15, 0.2) is 24.8 Å². The lowest BCUT2D eigenvalue weighted by Gasteiger charge is -2.26. The summed E-state index contributed by atoms with van der Waals surface area (Å²) in [5.74, 6) is 3.01. The molecule has 0 spiro atoms. The van der Waals surface area contributed by atoms with Crippen molar-refractivity contribution in [1.29, 1.82) is 0 Å². The van der Waals surface area contributed by atoms with Crippen LogP contribution in [0.5, 0.6) is 0 Å². The van der Waals surface area contributed by atoms with Gasteiger partial charge in [-0.05, 0) is 61.9 Å². The third-order valence-corrected chi connectivity index (χ3v) is 5.85. The maximum absolute atomic E-state index is 10.5. The van der Waals surface area contributed by atoms with Crippen LogP contribution in [0.1, 0.15) is 44.9 Å². The number of ether oxygens (including phenoxy) is 1. The number of rotatable bonds is 11. The number of hydrogen-bond acceptors (Lipinski definition) is 3. The molecule has 0 aromatic heterocycles. The standard InChI is InChI=1S/C18H28O3S/c1-2-3-12-22-13-15-14(16-10-11-17(15)21-16)8-6-4-5-7-9-18(19)20/h2,4,6,14-17H,1,3,5,7-13H2,(H,19,20)/b6-4-/t14-,15+,16-,17+/m1/s1. The Hall–Kier alpha value is -0.740. The summed E-state index contributed by atoms with van der Waals surface area (Å²) < 4.78 is 6.12. The molecule has 1 N–H and O–H groups in total. The van der Waals surface area contributed by atoms with Crippen LogP contribution in [0.2, 0.25) is 0 Å². The summed E-state index contributed by atoms with van der Waals surface area (Å²) in [5.41, 5.74) is 0. The molecule has 4 atom stereocenters. The minimum atomic E-state index is -0.702. The summed E-state index contributed by atoms with van der Waals surface area (Å²) in [6.45, 7) is 3.78. The van der Waals surface area contributed by atoms with E-state index in [-0.39, 0.29) is 6.42 Å². The molecule has 0 aliphatic carbocycles. The van der Waals surface area contributed by atoms with Gasteiger partial charge in [0.1, 0.15) is 0 Å². The summed E-state index contributed by atoms with van der Waals surface area (Å²) >= 11 is 2.03. The van der Waals surface area contributed by atoms with Gasteiger partial charge in [-0.25, -0.2) is 0 Å². The molecule has 2 saturated heterocycles. The van der Waals surface area contributed by atoms with Gasteiger partial charge in [-0.15, -0.1) is 6.58 Å². The minimum absolute atomic E-state index is 0.268. The Bertz CT molecular complexity index is 394. The van der Waals surface area contributed by atoms with E-state index in [0.717, 1.165) is 31.4 Å². The van der Waals surface area contributed by atoms with Crippen molar-refractivity contribution in [1.82, 2.24) is 0 Å². The second-order valence-electron chi connectivity index (χ2n) is 6.26. The maximum atomic E-state index is 10.5. The van der Waals surface area contributed by atoms with Crippen LogP contribution in [-0.2, 0) is 9.53 Å². The number of carbonyl (C=O) groups is 1. The summed E-state index contributed by atoms with van der Waals surface area (Å²) in [5, 5.41) is 8.62. The third-order valence-electron chi connectivity index (χ3n) is 4.70. The molecule has 2 rings (SSSR count). The lowest BCUT2D eigenvalue weighted by Crippen LogP contribution is -2.28. The molecule has 2 heterocycles.